The third-order valence-corrected chi connectivity index (χ3v) is 8.40. The number of fused-ring (bicyclic) bond motifs is 5. The van der Waals surface area contributed by atoms with Crippen LogP contribution in [0.4, 0.5) is 0 Å². The molecule has 116 valence electrons. The van der Waals surface area contributed by atoms with Crippen LogP contribution in [0.25, 0.3) is 0 Å². The molecule has 21 heavy (non-hydrogen) atoms. The summed E-state index contributed by atoms with van der Waals surface area (Å²) < 4.78 is 0. The molecular weight excluding hydrogens is 252 g/mol. The molecule has 0 heterocycles. The van der Waals surface area contributed by atoms with Crippen molar-refractivity contribution in [2.75, 3.05) is 0 Å². The maximum atomic E-state index is 2.66. The van der Waals surface area contributed by atoms with Crippen LogP contribution in [0.5, 0.6) is 0 Å². The number of rotatable bonds is 1. The van der Waals surface area contributed by atoms with Crippen LogP contribution in [0.15, 0.2) is 23.8 Å². The van der Waals surface area contributed by atoms with Gasteiger partial charge in [0.05, 0.1) is 0 Å². The molecule has 0 amide bonds. The molecule has 4 aliphatic rings. The van der Waals surface area contributed by atoms with Gasteiger partial charge in [0.1, 0.15) is 0 Å². The van der Waals surface area contributed by atoms with Crippen molar-refractivity contribution in [3.8, 4) is 0 Å². The first-order chi connectivity index (χ1) is 10.1. The lowest BCUT2D eigenvalue weighted by Crippen LogP contribution is -2.49. The van der Waals surface area contributed by atoms with Crippen molar-refractivity contribution < 1.29 is 0 Å². The van der Waals surface area contributed by atoms with Crippen LogP contribution in [0.3, 0.4) is 0 Å². The molecule has 0 N–H and O–H groups in total. The summed E-state index contributed by atoms with van der Waals surface area (Å²) in [5.41, 5.74) is 2.96. The molecule has 0 heteroatoms. The van der Waals surface area contributed by atoms with Crippen molar-refractivity contribution in [2.45, 2.75) is 72.1 Å². The second-order valence-corrected chi connectivity index (χ2v) is 8.88. The van der Waals surface area contributed by atoms with Crippen molar-refractivity contribution in [2.24, 2.45) is 34.5 Å². The minimum atomic E-state index is 0.503. The Kier molecular flexibility index (Phi) is 3.18. The summed E-state index contributed by atoms with van der Waals surface area (Å²) in [6.07, 6.45) is 18.8. The van der Waals surface area contributed by atoms with E-state index < -0.39 is 0 Å². The Morgan fingerprint density at radius 3 is 2.76 bits per heavy atom. The van der Waals surface area contributed by atoms with Crippen molar-refractivity contribution in [3.05, 3.63) is 23.8 Å². The number of hydrogen-bond acceptors (Lipinski definition) is 0. The summed E-state index contributed by atoms with van der Waals surface area (Å²) >= 11 is 0. The maximum absolute atomic E-state index is 2.66. The minimum Gasteiger partial charge on any atom is -0.0837 e. The van der Waals surface area contributed by atoms with E-state index in [4.69, 9.17) is 0 Å². The minimum absolute atomic E-state index is 0.503. The molecule has 0 bridgehead atoms. The SMILES string of the molecule is CC[C@@H]1CC[C@H]2[C@@H]3CCC4=CC=CC[C@]4(C)[C@H]3CC[C@]12C. The molecule has 0 spiro atoms. The first-order valence-electron chi connectivity index (χ1n) is 9.46. The van der Waals surface area contributed by atoms with E-state index in [1.54, 1.807) is 5.57 Å². The van der Waals surface area contributed by atoms with Crippen LogP contribution >= 0.6 is 0 Å². The summed E-state index contributed by atoms with van der Waals surface area (Å²) in [5.74, 6) is 4.04. The third kappa shape index (κ3) is 1.80. The topological polar surface area (TPSA) is 0 Å². The lowest BCUT2D eigenvalue weighted by molar-refractivity contribution is -0.0464. The first kappa shape index (κ1) is 14.1. The quantitative estimate of drug-likeness (QED) is 0.542. The van der Waals surface area contributed by atoms with E-state index in [9.17, 15) is 0 Å². The number of hydrogen-bond donors (Lipinski definition) is 0. The van der Waals surface area contributed by atoms with Crippen LogP contribution in [0, 0.1) is 34.5 Å². The van der Waals surface area contributed by atoms with Gasteiger partial charge >= 0.3 is 0 Å². The summed E-state index contributed by atoms with van der Waals surface area (Å²) in [6, 6.07) is 0. The highest BCUT2D eigenvalue weighted by Gasteiger charge is 2.57. The molecule has 0 aromatic carbocycles. The fourth-order valence-electron chi connectivity index (χ4n) is 7.16. The third-order valence-electron chi connectivity index (χ3n) is 8.40. The van der Waals surface area contributed by atoms with E-state index in [1.165, 1.54) is 51.4 Å². The van der Waals surface area contributed by atoms with E-state index in [-0.39, 0.29) is 0 Å². The molecule has 0 unspecified atom stereocenters. The van der Waals surface area contributed by atoms with Gasteiger partial charge in [0.2, 0.25) is 0 Å². The van der Waals surface area contributed by atoms with Gasteiger partial charge in [-0.2, -0.15) is 0 Å². The molecule has 0 aromatic heterocycles. The Hall–Kier alpha value is -0.520. The van der Waals surface area contributed by atoms with Gasteiger partial charge in [-0.25, -0.2) is 0 Å². The molecule has 3 saturated carbocycles. The van der Waals surface area contributed by atoms with Crippen LogP contribution in [0.1, 0.15) is 72.1 Å². The van der Waals surface area contributed by atoms with Crippen molar-refractivity contribution >= 4 is 0 Å². The number of allylic oxidation sites excluding steroid dienone is 4. The molecule has 0 aromatic rings. The van der Waals surface area contributed by atoms with Gasteiger partial charge in [-0.1, -0.05) is 51.0 Å². The lowest BCUT2D eigenvalue weighted by Gasteiger charge is -2.57. The molecular formula is C21H32. The summed E-state index contributed by atoms with van der Waals surface area (Å²) in [4.78, 5) is 0. The molecule has 0 nitrogen and oxygen atoms in total. The standard InChI is InChI=1S/C21H32/c1-4-15-9-11-18-17-10-8-16-7-5-6-13-20(16,2)19(17)12-14-21(15,18)3/h5-7,15,17-19H,4,8-14H2,1-3H3/t15-,17+,18+,19+,20+,21-/m1/s1. The molecule has 4 aliphatic carbocycles. The first-order valence-corrected chi connectivity index (χ1v) is 9.46. The van der Waals surface area contributed by atoms with Crippen LogP contribution in [0.2, 0.25) is 0 Å². The highest BCUT2D eigenvalue weighted by molar-refractivity contribution is 5.30. The molecule has 3 fully saturated rings. The zero-order valence-electron chi connectivity index (χ0n) is 14.2. The lowest BCUT2D eigenvalue weighted by atomic mass is 9.47. The van der Waals surface area contributed by atoms with E-state index in [0.717, 1.165) is 23.7 Å². The van der Waals surface area contributed by atoms with Crippen LogP contribution in [-0.4, -0.2) is 0 Å². The monoisotopic (exact) mass is 284 g/mol. The Morgan fingerprint density at radius 1 is 1.10 bits per heavy atom. The normalized spacial score (nSPS) is 51.9. The Bertz CT molecular complexity index is 484. The van der Waals surface area contributed by atoms with Crippen molar-refractivity contribution in [1.29, 1.82) is 0 Å². The second kappa shape index (κ2) is 4.74. The van der Waals surface area contributed by atoms with E-state index in [0.29, 0.717) is 10.8 Å². The van der Waals surface area contributed by atoms with E-state index in [1.807, 2.05) is 0 Å². The smallest absolute Gasteiger partial charge is 0.00477 e. The molecule has 0 radical (unpaired) electrons. The predicted molar refractivity (Wildman–Crippen MR) is 90.0 cm³/mol. The van der Waals surface area contributed by atoms with Gasteiger partial charge in [0.25, 0.3) is 0 Å². The summed E-state index contributed by atoms with van der Waals surface area (Å²) in [6.45, 7) is 7.68. The van der Waals surface area contributed by atoms with Crippen LogP contribution < -0.4 is 0 Å². The fourth-order valence-corrected chi connectivity index (χ4v) is 7.16. The average Bonchev–Trinajstić information content (AvgIpc) is 2.83. The molecule has 0 aliphatic heterocycles. The summed E-state index contributed by atoms with van der Waals surface area (Å²) in [5, 5.41) is 0. The largest absolute Gasteiger partial charge is 0.0837 e. The highest BCUT2D eigenvalue weighted by atomic mass is 14.6. The Morgan fingerprint density at radius 2 is 1.95 bits per heavy atom. The van der Waals surface area contributed by atoms with Crippen molar-refractivity contribution in [1.82, 2.24) is 0 Å². The van der Waals surface area contributed by atoms with Gasteiger partial charge in [0, 0.05) is 0 Å². The second-order valence-electron chi connectivity index (χ2n) is 8.88. The Labute approximate surface area is 131 Å². The zero-order valence-corrected chi connectivity index (χ0v) is 14.2. The average molecular weight is 284 g/mol. The highest BCUT2D eigenvalue weighted by Crippen LogP contribution is 2.66. The van der Waals surface area contributed by atoms with Gasteiger partial charge in [0.15, 0.2) is 0 Å². The van der Waals surface area contributed by atoms with Crippen molar-refractivity contribution in [3.63, 3.8) is 0 Å². The van der Waals surface area contributed by atoms with E-state index in [2.05, 4.69) is 39.0 Å². The van der Waals surface area contributed by atoms with Crippen LogP contribution in [-0.2, 0) is 0 Å². The molecule has 4 rings (SSSR count). The Balaban J connectivity index is 1.66. The maximum Gasteiger partial charge on any atom is -0.00477 e. The van der Waals surface area contributed by atoms with Gasteiger partial charge in [-0.15, -0.1) is 0 Å². The zero-order chi connectivity index (χ0) is 14.7. The fraction of sp³-hybridized carbons (Fsp3) is 0.810. The summed E-state index contributed by atoms with van der Waals surface area (Å²) in [7, 11) is 0. The van der Waals surface area contributed by atoms with E-state index >= 15 is 0 Å². The van der Waals surface area contributed by atoms with Gasteiger partial charge < -0.3 is 0 Å². The van der Waals surface area contributed by atoms with Gasteiger partial charge in [-0.3, -0.25) is 0 Å². The molecule has 0 saturated heterocycles. The predicted octanol–water partition coefficient (Wildman–Crippen LogP) is 6.14. The van der Waals surface area contributed by atoms with Gasteiger partial charge in [-0.05, 0) is 79.4 Å². The molecule has 6 atom stereocenters.